The fourth-order valence-electron chi connectivity index (χ4n) is 5.49. The summed E-state index contributed by atoms with van der Waals surface area (Å²) in [6.45, 7) is 5.41. The van der Waals surface area contributed by atoms with Crippen molar-refractivity contribution >= 4 is 51.5 Å². The van der Waals surface area contributed by atoms with Gasteiger partial charge in [0.25, 0.3) is 11.5 Å². The quantitative estimate of drug-likeness (QED) is 0.322. The van der Waals surface area contributed by atoms with Gasteiger partial charge in [0.2, 0.25) is 0 Å². The van der Waals surface area contributed by atoms with Crippen molar-refractivity contribution in [3.63, 3.8) is 0 Å². The molecule has 0 spiro atoms. The van der Waals surface area contributed by atoms with E-state index in [1.54, 1.807) is 34.0 Å². The average Bonchev–Trinajstić information content (AvgIpc) is 3.46. The van der Waals surface area contributed by atoms with Gasteiger partial charge in [-0.2, -0.15) is 10.1 Å². The summed E-state index contributed by atoms with van der Waals surface area (Å²) < 4.78 is 13.1. The Kier molecular flexibility index (Phi) is 7.07. The molecule has 4 aromatic rings. The first kappa shape index (κ1) is 27.3. The van der Waals surface area contributed by atoms with Crippen molar-refractivity contribution in [2.45, 2.75) is 26.8 Å². The lowest BCUT2D eigenvalue weighted by Gasteiger charge is -2.27. The number of benzene rings is 3. The second-order valence-corrected chi connectivity index (χ2v) is 10.9. The SMILES string of the molecule is CCOC(=O)C1=C(C)N=c2s/c(=C/[C@@H]3C(=O)N(c4ccccc4)N=C3C)c(=O)n2[C@@H]1c1c(OC)ccc2ccccc12. The fourth-order valence-corrected chi connectivity index (χ4v) is 6.55. The van der Waals surface area contributed by atoms with E-state index in [1.807, 2.05) is 66.7 Å². The van der Waals surface area contributed by atoms with Crippen LogP contribution in [0.1, 0.15) is 32.4 Å². The van der Waals surface area contributed by atoms with Crippen molar-refractivity contribution in [1.82, 2.24) is 4.57 Å². The zero-order valence-corrected chi connectivity index (χ0v) is 24.3. The monoisotopic (exact) mass is 580 g/mol. The number of methoxy groups -OCH3 is 1. The molecule has 0 radical (unpaired) electrons. The number of thiazole rings is 1. The second kappa shape index (κ2) is 10.9. The number of para-hydroxylation sites is 1. The molecule has 3 heterocycles. The van der Waals surface area contributed by atoms with Crippen molar-refractivity contribution in [2.75, 3.05) is 18.7 Å². The molecular weight excluding hydrogens is 552 g/mol. The number of aromatic nitrogens is 1. The number of hydrazone groups is 1. The van der Waals surface area contributed by atoms with Crippen LogP contribution in [0.3, 0.4) is 0 Å². The largest absolute Gasteiger partial charge is 0.496 e. The molecular formula is C32H28N4O5S. The van der Waals surface area contributed by atoms with Gasteiger partial charge in [-0.15, -0.1) is 0 Å². The van der Waals surface area contributed by atoms with Crippen LogP contribution >= 0.6 is 11.3 Å². The van der Waals surface area contributed by atoms with Gasteiger partial charge in [-0.3, -0.25) is 14.2 Å². The van der Waals surface area contributed by atoms with Crippen LogP contribution in [0, 0.1) is 5.92 Å². The Morgan fingerprint density at radius 3 is 2.50 bits per heavy atom. The van der Waals surface area contributed by atoms with E-state index in [9.17, 15) is 14.4 Å². The molecule has 6 rings (SSSR count). The van der Waals surface area contributed by atoms with E-state index in [-0.39, 0.29) is 23.6 Å². The van der Waals surface area contributed by atoms with Crippen molar-refractivity contribution < 1.29 is 19.1 Å². The number of carbonyl (C=O) groups is 2. The number of ether oxygens (including phenoxy) is 2. The topological polar surface area (TPSA) is 103 Å². The molecule has 2 atom stereocenters. The molecule has 2 aliphatic heterocycles. The van der Waals surface area contributed by atoms with Gasteiger partial charge in [0, 0.05) is 5.56 Å². The lowest BCUT2D eigenvalue weighted by atomic mass is 9.90. The Bertz CT molecular complexity index is 1990. The number of amides is 1. The number of nitrogens with zero attached hydrogens (tertiary/aromatic N) is 4. The number of carbonyl (C=O) groups excluding carboxylic acids is 2. The predicted molar refractivity (Wildman–Crippen MR) is 162 cm³/mol. The zero-order valence-electron chi connectivity index (χ0n) is 23.5. The Morgan fingerprint density at radius 2 is 1.76 bits per heavy atom. The van der Waals surface area contributed by atoms with Crippen LogP contribution in [0.15, 0.2) is 92.9 Å². The number of anilines is 1. The van der Waals surface area contributed by atoms with Crippen LogP contribution in [-0.4, -0.2) is 35.9 Å². The number of rotatable bonds is 6. The van der Waals surface area contributed by atoms with E-state index in [4.69, 9.17) is 9.47 Å². The summed E-state index contributed by atoms with van der Waals surface area (Å²) >= 11 is 1.17. The van der Waals surface area contributed by atoms with Crippen molar-refractivity contribution in [2.24, 2.45) is 16.0 Å². The summed E-state index contributed by atoms with van der Waals surface area (Å²) in [5.41, 5.74) is 2.22. The molecule has 0 saturated carbocycles. The first-order chi connectivity index (χ1) is 20.3. The first-order valence-corrected chi connectivity index (χ1v) is 14.3. The van der Waals surface area contributed by atoms with Gasteiger partial charge in [-0.25, -0.2) is 9.79 Å². The van der Waals surface area contributed by atoms with Crippen molar-refractivity contribution in [1.29, 1.82) is 0 Å². The van der Waals surface area contributed by atoms with Crippen molar-refractivity contribution in [3.8, 4) is 5.75 Å². The molecule has 0 unspecified atom stereocenters. The molecule has 0 fully saturated rings. The number of esters is 1. The van der Waals surface area contributed by atoms with Crippen LogP contribution in [0.2, 0.25) is 0 Å². The lowest BCUT2D eigenvalue weighted by Crippen LogP contribution is -2.40. The zero-order chi connectivity index (χ0) is 29.5. The molecule has 212 valence electrons. The van der Waals surface area contributed by atoms with Crippen LogP contribution in [-0.2, 0) is 14.3 Å². The highest BCUT2D eigenvalue weighted by molar-refractivity contribution is 7.07. The lowest BCUT2D eigenvalue weighted by molar-refractivity contribution is -0.139. The smallest absolute Gasteiger partial charge is 0.338 e. The maximum atomic E-state index is 14.2. The highest BCUT2D eigenvalue weighted by Crippen LogP contribution is 2.40. The van der Waals surface area contributed by atoms with E-state index >= 15 is 0 Å². The third-order valence-corrected chi connectivity index (χ3v) is 8.44. The molecule has 0 bridgehead atoms. The minimum absolute atomic E-state index is 0.166. The normalized spacial score (nSPS) is 18.7. The van der Waals surface area contributed by atoms with Crippen molar-refractivity contribution in [3.05, 3.63) is 103 Å². The average molecular weight is 581 g/mol. The van der Waals surface area contributed by atoms with Gasteiger partial charge in [0.05, 0.1) is 40.9 Å². The molecule has 3 aromatic carbocycles. The summed E-state index contributed by atoms with van der Waals surface area (Å²) in [5, 5.41) is 7.60. The van der Waals surface area contributed by atoms with Gasteiger partial charge >= 0.3 is 5.97 Å². The molecule has 0 saturated heterocycles. The number of allylic oxidation sites excluding steroid dienone is 1. The minimum atomic E-state index is -0.863. The van der Waals surface area contributed by atoms with Crippen LogP contribution in [0.5, 0.6) is 5.75 Å². The van der Waals surface area contributed by atoms with E-state index in [0.29, 0.717) is 37.7 Å². The van der Waals surface area contributed by atoms with Crippen LogP contribution in [0.4, 0.5) is 5.69 Å². The predicted octanol–water partition coefficient (Wildman–Crippen LogP) is 3.95. The summed E-state index contributed by atoms with van der Waals surface area (Å²) in [5.74, 6) is -0.999. The summed E-state index contributed by atoms with van der Waals surface area (Å²) in [6, 6.07) is 19.8. The Labute approximate surface area is 245 Å². The summed E-state index contributed by atoms with van der Waals surface area (Å²) in [6.07, 6.45) is 1.65. The third kappa shape index (κ3) is 4.44. The molecule has 42 heavy (non-hydrogen) atoms. The fraction of sp³-hybridized carbons (Fsp3) is 0.219. The van der Waals surface area contributed by atoms with E-state index in [0.717, 1.165) is 10.8 Å². The number of hydrogen-bond donors (Lipinski definition) is 0. The van der Waals surface area contributed by atoms with Gasteiger partial charge in [-0.1, -0.05) is 59.9 Å². The Balaban J connectivity index is 1.56. The van der Waals surface area contributed by atoms with Crippen LogP contribution in [0.25, 0.3) is 16.8 Å². The Hall–Kier alpha value is -4.83. The molecule has 2 aliphatic rings. The van der Waals surface area contributed by atoms with Gasteiger partial charge in [-0.05, 0) is 55.8 Å². The highest BCUT2D eigenvalue weighted by Gasteiger charge is 2.37. The molecule has 1 amide bonds. The standard InChI is InChI=1S/C32H28N4O5S/c1-5-41-31(39)26-19(3)33-32-35(28(26)27-22-14-10-9-11-20(22)15-16-24(27)40-4)30(38)25(42-32)17-23-18(2)34-36(29(23)37)21-12-7-6-8-13-21/h6-17,23,28H,5H2,1-4H3/b25-17+/t23-,28-/m0/s1. The Morgan fingerprint density at radius 1 is 1.02 bits per heavy atom. The van der Waals surface area contributed by atoms with Gasteiger partial charge < -0.3 is 9.47 Å². The van der Waals surface area contributed by atoms with Gasteiger partial charge in [0.15, 0.2) is 4.80 Å². The first-order valence-electron chi connectivity index (χ1n) is 13.5. The van der Waals surface area contributed by atoms with E-state index in [2.05, 4.69) is 10.1 Å². The third-order valence-electron chi connectivity index (χ3n) is 7.44. The van der Waals surface area contributed by atoms with Crippen LogP contribution < -0.4 is 24.6 Å². The maximum Gasteiger partial charge on any atom is 0.338 e. The second-order valence-electron chi connectivity index (χ2n) is 9.93. The molecule has 0 N–H and O–H groups in total. The van der Waals surface area contributed by atoms with E-state index in [1.165, 1.54) is 20.9 Å². The maximum absolute atomic E-state index is 14.2. The molecule has 0 aliphatic carbocycles. The minimum Gasteiger partial charge on any atom is -0.496 e. The van der Waals surface area contributed by atoms with E-state index < -0.39 is 17.9 Å². The molecule has 10 heteroatoms. The van der Waals surface area contributed by atoms with Gasteiger partial charge in [0.1, 0.15) is 17.7 Å². The summed E-state index contributed by atoms with van der Waals surface area (Å²) in [7, 11) is 1.56. The number of fused-ring (bicyclic) bond motifs is 2. The molecule has 9 nitrogen and oxygen atoms in total. The molecule has 1 aromatic heterocycles. The highest BCUT2D eigenvalue weighted by atomic mass is 32.1. The number of hydrogen-bond acceptors (Lipinski definition) is 8. The summed E-state index contributed by atoms with van der Waals surface area (Å²) in [4.78, 5) is 46.2.